The summed E-state index contributed by atoms with van der Waals surface area (Å²) in [6.07, 6.45) is 70.0. The molecular weight excluding hydrogens is 875 g/mol. The van der Waals surface area contributed by atoms with E-state index in [0.29, 0.717) is 19.3 Å². The molecule has 0 aliphatic rings. The minimum atomic E-state index is -0.785. The molecule has 3 N–H and O–H groups in total. The Labute approximate surface area is 444 Å². The molecule has 0 aliphatic heterocycles. The maximum Gasteiger partial charge on any atom is 0.306 e. The number of rotatable bonds is 60. The monoisotopic (exact) mass is 1000 g/mol. The van der Waals surface area contributed by atoms with Crippen LogP contribution in [0, 0.1) is 0 Å². The number of carbonyl (C=O) groups excluding carboxylic acids is 2. The number of hydrogen-bond donors (Lipinski definition) is 3. The van der Waals surface area contributed by atoms with Gasteiger partial charge in [0.15, 0.2) is 0 Å². The molecule has 0 radical (unpaired) electrons. The molecule has 422 valence electrons. The largest absolute Gasteiger partial charge is 0.462 e. The molecule has 6 heteroatoms. The third-order valence-corrected chi connectivity index (χ3v) is 15.3. The maximum absolute atomic E-state index is 13.3. The summed E-state index contributed by atoms with van der Waals surface area (Å²) in [6, 6.07) is -0.699. The number of amides is 1. The van der Waals surface area contributed by atoms with Crippen molar-refractivity contribution in [2.24, 2.45) is 0 Å². The Morgan fingerprint density at radius 3 is 1.00 bits per heavy atom. The van der Waals surface area contributed by atoms with Gasteiger partial charge in [0.2, 0.25) is 5.91 Å². The molecule has 1 amide bonds. The average Bonchev–Trinajstić information content (AvgIpc) is 3.36. The lowest BCUT2D eigenvalue weighted by atomic mass is 10.0. The van der Waals surface area contributed by atoms with Crippen molar-refractivity contribution in [2.45, 2.75) is 386 Å². The topological polar surface area (TPSA) is 95.9 Å². The van der Waals surface area contributed by atoms with Crippen LogP contribution in [0.4, 0.5) is 0 Å². The molecule has 0 aliphatic carbocycles. The fraction of sp³-hybridized carbons (Fsp3) is 0.938. The lowest BCUT2D eigenvalue weighted by molar-refractivity contribution is -0.151. The van der Waals surface area contributed by atoms with Crippen molar-refractivity contribution < 1.29 is 24.5 Å². The van der Waals surface area contributed by atoms with E-state index in [4.69, 9.17) is 4.74 Å². The molecule has 0 heterocycles. The zero-order chi connectivity index (χ0) is 51.6. The second-order valence-electron chi connectivity index (χ2n) is 22.5. The second kappa shape index (κ2) is 59.5. The zero-order valence-electron chi connectivity index (χ0n) is 48.4. The summed E-state index contributed by atoms with van der Waals surface area (Å²) in [5.41, 5.74) is 0. The van der Waals surface area contributed by atoms with Crippen LogP contribution < -0.4 is 5.32 Å². The van der Waals surface area contributed by atoms with Crippen LogP contribution in [-0.2, 0) is 14.3 Å². The van der Waals surface area contributed by atoms with E-state index in [1.165, 1.54) is 270 Å². The van der Waals surface area contributed by atoms with Crippen molar-refractivity contribution in [3.8, 4) is 0 Å². The molecule has 0 aromatic rings. The fourth-order valence-electron chi connectivity index (χ4n) is 10.4. The highest BCUT2D eigenvalue weighted by Gasteiger charge is 2.24. The van der Waals surface area contributed by atoms with Crippen LogP contribution in [0.1, 0.15) is 367 Å². The van der Waals surface area contributed by atoms with Gasteiger partial charge in [0, 0.05) is 6.42 Å². The molecule has 0 saturated heterocycles. The quantitative estimate of drug-likeness (QED) is 0.0320. The van der Waals surface area contributed by atoms with Gasteiger partial charge < -0.3 is 20.3 Å². The van der Waals surface area contributed by atoms with Crippen LogP contribution in [0.5, 0.6) is 0 Å². The first-order valence-corrected chi connectivity index (χ1v) is 32.4. The summed E-state index contributed by atoms with van der Waals surface area (Å²) in [6.45, 7) is 6.55. The fourth-order valence-corrected chi connectivity index (χ4v) is 10.4. The van der Waals surface area contributed by atoms with Crippen molar-refractivity contribution in [3.05, 3.63) is 12.2 Å². The Hall–Kier alpha value is -1.40. The lowest BCUT2D eigenvalue weighted by Gasteiger charge is -2.24. The van der Waals surface area contributed by atoms with Crippen molar-refractivity contribution >= 4 is 11.9 Å². The van der Waals surface area contributed by atoms with Gasteiger partial charge >= 0.3 is 5.97 Å². The van der Waals surface area contributed by atoms with Crippen LogP contribution in [0.2, 0.25) is 0 Å². The first-order chi connectivity index (χ1) is 35.0. The molecule has 6 nitrogen and oxygen atoms in total. The number of ether oxygens (including phenoxy) is 1. The molecule has 0 rings (SSSR count). The molecule has 3 atom stereocenters. The summed E-state index contributed by atoms with van der Waals surface area (Å²) >= 11 is 0. The van der Waals surface area contributed by atoms with Gasteiger partial charge in [0.1, 0.15) is 6.10 Å². The highest BCUT2D eigenvalue weighted by Crippen LogP contribution is 2.20. The second-order valence-corrected chi connectivity index (χ2v) is 22.5. The number of aliphatic hydroxyl groups excluding tert-OH is 2. The predicted molar refractivity (Wildman–Crippen MR) is 310 cm³/mol. The van der Waals surface area contributed by atoms with Crippen LogP contribution >= 0.6 is 0 Å². The van der Waals surface area contributed by atoms with Gasteiger partial charge in [-0.3, -0.25) is 9.59 Å². The first-order valence-electron chi connectivity index (χ1n) is 32.4. The number of nitrogens with one attached hydrogen (secondary N) is 1. The average molecular weight is 1000 g/mol. The van der Waals surface area contributed by atoms with E-state index in [9.17, 15) is 19.8 Å². The van der Waals surface area contributed by atoms with Crippen molar-refractivity contribution in [1.82, 2.24) is 5.32 Å². The third-order valence-electron chi connectivity index (χ3n) is 15.3. The van der Waals surface area contributed by atoms with Gasteiger partial charge in [-0.05, 0) is 51.4 Å². The van der Waals surface area contributed by atoms with Crippen LogP contribution in [0.25, 0.3) is 0 Å². The minimum Gasteiger partial charge on any atom is -0.462 e. The van der Waals surface area contributed by atoms with Gasteiger partial charge in [0.25, 0.3) is 0 Å². The summed E-state index contributed by atoms with van der Waals surface area (Å²) in [5.74, 6) is -0.449. The van der Waals surface area contributed by atoms with Gasteiger partial charge in [-0.25, -0.2) is 0 Å². The number of aliphatic hydroxyl groups is 2. The van der Waals surface area contributed by atoms with Gasteiger partial charge in [0.05, 0.1) is 25.2 Å². The SMILES string of the molecule is CCCCCCCC/C=C/CCCCCCCCCC(CC(=O)NC(CO)C(O)CCCCCCCCCCCCCCCCCCC)OC(=O)CCCCCCCCCCCCCCCCCCCC. The molecule has 3 unspecified atom stereocenters. The lowest BCUT2D eigenvalue weighted by Crippen LogP contribution is -2.46. The number of esters is 1. The molecule has 71 heavy (non-hydrogen) atoms. The molecule has 0 aromatic carbocycles. The normalized spacial score (nSPS) is 13.0. The molecule has 0 saturated carbocycles. The summed E-state index contributed by atoms with van der Waals surface area (Å²) in [7, 11) is 0. The Morgan fingerprint density at radius 2 is 0.676 bits per heavy atom. The van der Waals surface area contributed by atoms with E-state index in [1.807, 2.05) is 0 Å². The number of hydrogen-bond acceptors (Lipinski definition) is 5. The number of unbranched alkanes of at least 4 members (excludes halogenated alkanes) is 46. The Bertz CT molecular complexity index is 1080. The first kappa shape index (κ1) is 69.6. The number of allylic oxidation sites excluding steroid dienone is 2. The molecule has 0 bridgehead atoms. The molecule has 0 fully saturated rings. The van der Waals surface area contributed by atoms with Crippen LogP contribution in [-0.4, -0.2) is 46.9 Å². The van der Waals surface area contributed by atoms with Gasteiger partial charge in [-0.1, -0.05) is 315 Å². The Morgan fingerprint density at radius 1 is 0.394 bits per heavy atom. The summed E-state index contributed by atoms with van der Waals surface area (Å²) in [4.78, 5) is 26.4. The third kappa shape index (κ3) is 54.7. The van der Waals surface area contributed by atoms with E-state index >= 15 is 0 Å². The van der Waals surface area contributed by atoms with E-state index < -0.39 is 18.2 Å². The molecular formula is C65H127NO5. The van der Waals surface area contributed by atoms with E-state index in [0.717, 1.165) is 51.4 Å². The summed E-state index contributed by atoms with van der Waals surface area (Å²) < 4.78 is 5.99. The van der Waals surface area contributed by atoms with Crippen molar-refractivity contribution in [3.63, 3.8) is 0 Å². The molecule has 0 spiro atoms. The summed E-state index contributed by atoms with van der Waals surface area (Å²) in [5, 5.41) is 24.0. The van der Waals surface area contributed by atoms with Crippen molar-refractivity contribution in [2.75, 3.05) is 6.61 Å². The van der Waals surface area contributed by atoms with Gasteiger partial charge in [-0.2, -0.15) is 0 Å². The van der Waals surface area contributed by atoms with E-state index in [-0.39, 0.29) is 24.9 Å². The smallest absolute Gasteiger partial charge is 0.306 e. The predicted octanol–water partition coefficient (Wildman–Crippen LogP) is 20.4. The highest BCUT2D eigenvalue weighted by atomic mass is 16.5. The molecule has 0 aromatic heterocycles. The highest BCUT2D eigenvalue weighted by molar-refractivity contribution is 5.77. The van der Waals surface area contributed by atoms with Crippen LogP contribution in [0.3, 0.4) is 0 Å². The standard InChI is InChI=1S/C65H127NO5/c1-4-7-10-13-16-19-22-25-28-31-34-37-40-43-46-49-52-55-58-65(70)71-61(56-53-50-47-44-41-38-35-32-29-26-23-20-17-14-11-8-5-2)59-64(69)66-62(60-67)63(68)57-54-51-48-45-42-39-36-33-30-27-24-21-18-15-12-9-6-3/h26,29,61-63,67-68H,4-25,27-28,30-60H2,1-3H3,(H,66,69)/b29-26+. The van der Waals surface area contributed by atoms with Crippen molar-refractivity contribution in [1.29, 1.82) is 0 Å². The minimum absolute atomic E-state index is 0.0829. The maximum atomic E-state index is 13.3. The number of carbonyl (C=O) groups is 2. The van der Waals surface area contributed by atoms with Gasteiger partial charge in [-0.15, -0.1) is 0 Å². The Kier molecular flexibility index (Phi) is 58.3. The van der Waals surface area contributed by atoms with Crippen LogP contribution in [0.15, 0.2) is 12.2 Å². The van der Waals surface area contributed by atoms with E-state index in [1.54, 1.807) is 0 Å². The zero-order valence-corrected chi connectivity index (χ0v) is 48.4. The Balaban J connectivity index is 4.48. The van der Waals surface area contributed by atoms with E-state index in [2.05, 4.69) is 38.2 Å².